The van der Waals surface area contributed by atoms with E-state index in [4.69, 9.17) is 9.47 Å². The smallest absolute Gasteiger partial charge is 0.311 e. The molecule has 0 heterocycles. The maximum absolute atomic E-state index is 12.2. The fraction of sp³-hybridized carbons (Fsp3) is 0.300. The third-order valence-electron chi connectivity index (χ3n) is 4.20. The normalized spacial score (nSPS) is 10.2. The number of nitrogens with zero attached hydrogens (tertiary/aromatic N) is 1. The molecule has 0 fully saturated rings. The van der Waals surface area contributed by atoms with Gasteiger partial charge >= 0.3 is 5.69 Å². The Kier molecular flexibility index (Phi) is 7.53. The highest BCUT2D eigenvalue weighted by Crippen LogP contribution is 2.27. The number of carbonyl (C=O) groups excluding carboxylic acids is 2. The number of rotatable bonds is 9. The van der Waals surface area contributed by atoms with E-state index in [9.17, 15) is 19.7 Å². The molecule has 0 saturated carbocycles. The Balaban J connectivity index is 1.86. The molecule has 0 aliphatic rings. The highest BCUT2D eigenvalue weighted by Gasteiger charge is 2.18. The zero-order valence-electron chi connectivity index (χ0n) is 16.5. The van der Waals surface area contributed by atoms with Crippen LogP contribution in [0.4, 0.5) is 5.69 Å². The van der Waals surface area contributed by atoms with Crippen LogP contribution >= 0.6 is 0 Å². The summed E-state index contributed by atoms with van der Waals surface area (Å²) in [5.74, 6) is -0.158. The Bertz CT molecular complexity index is 913. The van der Waals surface area contributed by atoms with E-state index in [1.54, 1.807) is 7.11 Å². The molecule has 2 rings (SSSR count). The Morgan fingerprint density at radius 1 is 1.03 bits per heavy atom. The molecule has 0 aliphatic heterocycles. The summed E-state index contributed by atoms with van der Waals surface area (Å²) in [6.45, 7) is 2.10. The van der Waals surface area contributed by atoms with Crippen LogP contribution in [0.5, 0.6) is 11.5 Å². The number of amides is 2. The summed E-state index contributed by atoms with van der Waals surface area (Å²) in [6, 6.07) is 9.64. The number of nitro benzene ring substituents is 1. The lowest BCUT2D eigenvalue weighted by molar-refractivity contribution is -0.385. The summed E-state index contributed by atoms with van der Waals surface area (Å²) in [4.78, 5) is 34.6. The predicted molar refractivity (Wildman–Crippen MR) is 106 cm³/mol. The first-order valence-electron chi connectivity index (χ1n) is 8.86. The van der Waals surface area contributed by atoms with E-state index in [1.165, 1.54) is 19.2 Å². The summed E-state index contributed by atoms with van der Waals surface area (Å²) < 4.78 is 10.2. The maximum Gasteiger partial charge on any atom is 0.311 e. The Morgan fingerprint density at radius 3 is 2.38 bits per heavy atom. The van der Waals surface area contributed by atoms with Crippen molar-refractivity contribution in [2.24, 2.45) is 0 Å². The van der Waals surface area contributed by atoms with Crippen LogP contribution in [0.1, 0.15) is 21.5 Å². The Morgan fingerprint density at radius 2 is 1.72 bits per heavy atom. The SMILES string of the molecule is COc1ccc(C)cc1CCNC(=O)CNC(=O)c1ccc(OC)c([N+](=O)[O-])c1. The van der Waals surface area contributed by atoms with E-state index in [0.717, 1.165) is 22.9 Å². The summed E-state index contributed by atoms with van der Waals surface area (Å²) in [5, 5.41) is 16.2. The highest BCUT2D eigenvalue weighted by atomic mass is 16.6. The van der Waals surface area contributed by atoms with E-state index in [0.29, 0.717) is 13.0 Å². The number of methoxy groups -OCH3 is 2. The number of carbonyl (C=O) groups is 2. The van der Waals surface area contributed by atoms with Gasteiger partial charge in [0, 0.05) is 18.2 Å². The van der Waals surface area contributed by atoms with Gasteiger partial charge in [-0.05, 0) is 37.1 Å². The zero-order chi connectivity index (χ0) is 21.4. The van der Waals surface area contributed by atoms with Gasteiger partial charge in [-0.1, -0.05) is 17.7 Å². The molecular formula is C20H23N3O6. The fourth-order valence-corrected chi connectivity index (χ4v) is 2.74. The monoisotopic (exact) mass is 401 g/mol. The van der Waals surface area contributed by atoms with Crippen LogP contribution in [0.3, 0.4) is 0 Å². The molecule has 2 aromatic carbocycles. The van der Waals surface area contributed by atoms with Gasteiger partial charge in [-0.3, -0.25) is 19.7 Å². The molecule has 2 amide bonds. The molecule has 9 heteroatoms. The molecule has 2 aromatic rings. The Labute approximate surface area is 168 Å². The molecule has 0 aromatic heterocycles. The third kappa shape index (κ3) is 5.93. The second-order valence-corrected chi connectivity index (χ2v) is 6.24. The quantitative estimate of drug-likeness (QED) is 0.490. The second kappa shape index (κ2) is 10.1. The lowest BCUT2D eigenvalue weighted by Crippen LogP contribution is -2.37. The largest absolute Gasteiger partial charge is 0.496 e. The van der Waals surface area contributed by atoms with Gasteiger partial charge in [-0.2, -0.15) is 0 Å². The molecule has 29 heavy (non-hydrogen) atoms. The van der Waals surface area contributed by atoms with Crippen molar-refractivity contribution in [3.63, 3.8) is 0 Å². The van der Waals surface area contributed by atoms with Crippen molar-refractivity contribution < 1.29 is 24.0 Å². The highest BCUT2D eigenvalue weighted by molar-refractivity contribution is 5.97. The number of ether oxygens (including phenoxy) is 2. The molecule has 154 valence electrons. The fourth-order valence-electron chi connectivity index (χ4n) is 2.74. The van der Waals surface area contributed by atoms with Crippen molar-refractivity contribution in [3.05, 3.63) is 63.2 Å². The molecule has 0 saturated heterocycles. The van der Waals surface area contributed by atoms with Crippen molar-refractivity contribution in [2.75, 3.05) is 27.3 Å². The molecular weight excluding hydrogens is 378 g/mol. The van der Waals surface area contributed by atoms with Gasteiger partial charge in [0.1, 0.15) is 5.75 Å². The standard InChI is InChI=1S/C20H23N3O6/c1-13-4-6-17(28-2)14(10-13)8-9-21-19(24)12-22-20(25)15-5-7-18(29-3)16(11-15)23(26)27/h4-7,10-11H,8-9,12H2,1-3H3,(H,21,24)(H,22,25). The molecule has 2 N–H and O–H groups in total. The molecule has 0 bridgehead atoms. The summed E-state index contributed by atoms with van der Waals surface area (Å²) in [7, 11) is 2.89. The molecule has 9 nitrogen and oxygen atoms in total. The van der Waals surface area contributed by atoms with E-state index in [2.05, 4.69) is 10.6 Å². The van der Waals surface area contributed by atoms with Crippen LogP contribution in [0.25, 0.3) is 0 Å². The predicted octanol–water partition coefficient (Wildman–Crippen LogP) is 2.01. The number of aryl methyl sites for hydroxylation is 1. The van der Waals surface area contributed by atoms with Crippen LogP contribution in [0.15, 0.2) is 36.4 Å². The first-order valence-corrected chi connectivity index (χ1v) is 8.86. The van der Waals surface area contributed by atoms with Crippen molar-refractivity contribution in [1.29, 1.82) is 0 Å². The van der Waals surface area contributed by atoms with E-state index < -0.39 is 10.8 Å². The summed E-state index contributed by atoms with van der Waals surface area (Å²) in [5.41, 5.74) is 1.81. The van der Waals surface area contributed by atoms with E-state index in [-0.39, 0.29) is 29.5 Å². The molecule has 0 spiro atoms. The van der Waals surface area contributed by atoms with Crippen LogP contribution in [-0.4, -0.2) is 44.0 Å². The van der Waals surface area contributed by atoms with Crippen LogP contribution < -0.4 is 20.1 Å². The van der Waals surface area contributed by atoms with Gasteiger partial charge in [0.15, 0.2) is 5.75 Å². The minimum Gasteiger partial charge on any atom is -0.496 e. The topological polar surface area (TPSA) is 120 Å². The van der Waals surface area contributed by atoms with Gasteiger partial charge in [-0.25, -0.2) is 0 Å². The van der Waals surface area contributed by atoms with Crippen LogP contribution in [0, 0.1) is 17.0 Å². The molecule has 0 radical (unpaired) electrons. The van der Waals surface area contributed by atoms with Gasteiger partial charge in [0.25, 0.3) is 5.91 Å². The number of nitrogens with one attached hydrogen (secondary N) is 2. The lowest BCUT2D eigenvalue weighted by atomic mass is 10.1. The van der Waals surface area contributed by atoms with E-state index >= 15 is 0 Å². The van der Waals surface area contributed by atoms with Gasteiger partial charge in [0.2, 0.25) is 5.91 Å². The maximum atomic E-state index is 12.2. The average Bonchev–Trinajstić information content (AvgIpc) is 2.71. The van der Waals surface area contributed by atoms with Crippen molar-refractivity contribution in [2.45, 2.75) is 13.3 Å². The Hall–Kier alpha value is -3.62. The zero-order valence-corrected chi connectivity index (χ0v) is 16.5. The number of hydrogen-bond donors (Lipinski definition) is 2. The number of benzene rings is 2. The third-order valence-corrected chi connectivity index (χ3v) is 4.20. The first-order chi connectivity index (χ1) is 13.8. The average molecular weight is 401 g/mol. The second-order valence-electron chi connectivity index (χ2n) is 6.24. The summed E-state index contributed by atoms with van der Waals surface area (Å²) >= 11 is 0. The first kappa shape index (κ1) is 21.7. The molecule has 0 unspecified atom stereocenters. The van der Waals surface area contributed by atoms with Crippen LogP contribution in [-0.2, 0) is 11.2 Å². The summed E-state index contributed by atoms with van der Waals surface area (Å²) in [6.07, 6.45) is 0.579. The lowest BCUT2D eigenvalue weighted by Gasteiger charge is -2.11. The molecule has 0 aliphatic carbocycles. The minimum atomic E-state index is -0.637. The van der Waals surface area contributed by atoms with Crippen molar-refractivity contribution in [3.8, 4) is 11.5 Å². The van der Waals surface area contributed by atoms with Gasteiger partial charge < -0.3 is 20.1 Å². The van der Waals surface area contributed by atoms with Gasteiger partial charge in [-0.15, -0.1) is 0 Å². The number of nitro groups is 1. The van der Waals surface area contributed by atoms with Crippen LogP contribution in [0.2, 0.25) is 0 Å². The minimum absolute atomic E-state index is 0.0517. The van der Waals surface area contributed by atoms with E-state index in [1.807, 2.05) is 25.1 Å². The number of hydrogen-bond acceptors (Lipinski definition) is 6. The van der Waals surface area contributed by atoms with Gasteiger partial charge in [0.05, 0.1) is 25.7 Å². The van der Waals surface area contributed by atoms with Crippen molar-refractivity contribution in [1.82, 2.24) is 10.6 Å². The molecule has 0 atom stereocenters. The van der Waals surface area contributed by atoms with Crippen molar-refractivity contribution >= 4 is 17.5 Å².